The topological polar surface area (TPSA) is 113 Å². The predicted octanol–water partition coefficient (Wildman–Crippen LogP) is 3.50. The number of fused-ring (bicyclic) bond motifs is 1. The fourth-order valence-electron chi connectivity index (χ4n) is 2.64. The van der Waals surface area contributed by atoms with Crippen LogP contribution >= 0.6 is 0 Å². The molecule has 2 rings (SSSR count). The number of anilines is 1. The predicted molar refractivity (Wildman–Crippen MR) is 107 cm³/mol. The quantitative estimate of drug-likeness (QED) is 0.634. The molecule has 2 heterocycles. The molecule has 0 atom stereocenters. The molecule has 28 heavy (non-hydrogen) atoms. The summed E-state index contributed by atoms with van der Waals surface area (Å²) in [6, 6.07) is 0. The zero-order chi connectivity index (χ0) is 20.6. The third-order valence-electron chi connectivity index (χ3n) is 4.02. The third kappa shape index (κ3) is 6.79. The van der Waals surface area contributed by atoms with Crippen LogP contribution in [-0.4, -0.2) is 55.5 Å². The average molecular weight is 390 g/mol. The first-order valence-corrected chi connectivity index (χ1v) is 9.72. The van der Waals surface area contributed by atoms with Gasteiger partial charge in [0.05, 0.1) is 6.33 Å². The van der Waals surface area contributed by atoms with Crippen molar-refractivity contribution in [1.82, 2.24) is 24.8 Å². The van der Waals surface area contributed by atoms with Crippen LogP contribution in [0.25, 0.3) is 11.2 Å². The number of ether oxygens (including phenoxy) is 1. The summed E-state index contributed by atoms with van der Waals surface area (Å²) < 4.78 is 5.48. The molecule has 154 valence electrons. The monoisotopic (exact) mass is 390 g/mol. The van der Waals surface area contributed by atoms with Crippen molar-refractivity contribution in [1.29, 1.82) is 0 Å². The Bertz CT molecular complexity index is 783. The fourth-order valence-corrected chi connectivity index (χ4v) is 2.64. The molecular weight excluding hydrogens is 360 g/mol. The van der Waals surface area contributed by atoms with Gasteiger partial charge in [-0.1, -0.05) is 26.2 Å². The van der Waals surface area contributed by atoms with Gasteiger partial charge >= 0.3 is 6.09 Å². The maximum Gasteiger partial charge on any atom is 0.410 e. The largest absolute Gasteiger partial charge is 0.444 e. The lowest BCUT2D eigenvalue weighted by Crippen LogP contribution is -2.39. The van der Waals surface area contributed by atoms with Crippen LogP contribution in [0.15, 0.2) is 12.7 Å². The molecule has 0 saturated heterocycles. The highest BCUT2D eigenvalue weighted by Crippen LogP contribution is 2.15. The number of amides is 2. The molecule has 0 saturated carbocycles. The summed E-state index contributed by atoms with van der Waals surface area (Å²) in [5, 5.41) is 2.74. The minimum atomic E-state index is -0.576. The number of hydrogen-bond acceptors (Lipinski definition) is 6. The molecular formula is C19H30N6O3. The van der Waals surface area contributed by atoms with E-state index in [1.165, 1.54) is 12.7 Å². The molecule has 0 aliphatic rings. The van der Waals surface area contributed by atoms with Crippen LogP contribution in [0, 0.1) is 0 Å². The molecule has 0 spiro atoms. The minimum Gasteiger partial charge on any atom is -0.444 e. The smallest absolute Gasteiger partial charge is 0.410 e. The van der Waals surface area contributed by atoms with Gasteiger partial charge in [0.2, 0.25) is 5.91 Å². The maximum absolute atomic E-state index is 12.5. The van der Waals surface area contributed by atoms with Crippen LogP contribution in [0.5, 0.6) is 0 Å². The number of hydrogen-bond donors (Lipinski definition) is 2. The molecule has 0 aliphatic carbocycles. The molecule has 2 N–H and O–H groups in total. The van der Waals surface area contributed by atoms with Crippen molar-refractivity contribution >= 4 is 29.0 Å². The van der Waals surface area contributed by atoms with Gasteiger partial charge in [0.25, 0.3) is 0 Å². The number of rotatable bonds is 9. The second-order valence-corrected chi connectivity index (χ2v) is 7.65. The van der Waals surface area contributed by atoms with Gasteiger partial charge in [-0.05, 0) is 27.2 Å². The Hall–Kier alpha value is -2.71. The number of imidazole rings is 1. The van der Waals surface area contributed by atoms with Crippen LogP contribution in [0.3, 0.4) is 0 Å². The van der Waals surface area contributed by atoms with Gasteiger partial charge in [0, 0.05) is 19.5 Å². The molecule has 0 radical (unpaired) electrons. The van der Waals surface area contributed by atoms with Gasteiger partial charge in [-0.15, -0.1) is 0 Å². The van der Waals surface area contributed by atoms with Gasteiger partial charge in [-0.3, -0.25) is 4.79 Å². The number of nitrogens with one attached hydrogen (secondary N) is 2. The van der Waals surface area contributed by atoms with Crippen molar-refractivity contribution in [3.05, 3.63) is 12.7 Å². The Morgan fingerprint density at radius 1 is 1.14 bits per heavy atom. The Kier molecular flexibility index (Phi) is 7.71. The highest BCUT2D eigenvalue weighted by Gasteiger charge is 2.22. The molecule has 2 aromatic rings. The van der Waals surface area contributed by atoms with E-state index in [9.17, 15) is 9.59 Å². The van der Waals surface area contributed by atoms with Crippen LogP contribution in [0.4, 0.5) is 10.6 Å². The fraction of sp³-hybridized carbons (Fsp3) is 0.632. The van der Waals surface area contributed by atoms with E-state index in [2.05, 4.69) is 32.2 Å². The van der Waals surface area contributed by atoms with Crippen LogP contribution < -0.4 is 5.32 Å². The molecule has 0 fully saturated rings. The van der Waals surface area contributed by atoms with Crippen molar-refractivity contribution in [3.63, 3.8) is 0 Å². The molecule has 0 bridgehead atoms. The lowest BCUT2D eigenvalue weighted by molar-refractivity contribution is -0.116. The van der Waals surface area contributed by atoms with Crippen molar-refractivity contribution in [2.75, 3.05) is 18.4 Å². The van der Waals surface area contributed by atoms with E-state index >= 15 is 0 Å². The first-order chi connectivity index (χ1) is 13.3. The Labute approximate surface area is 165 Å². The second kappa shape index (κ2) is 10.0. The van der Waals surface area contributed by atoms with Gasteiger partial charge < -0.3 is 19.9 Å². The van der Waals surface area contributed by atoms with Gasteiger partial charge in [-0.2, -0.15) is 0 Å². The summed E-state index contributed by atoms with van der Waals surface area (Å²) >= 11 is 0. The van der Waals surface area contributed by atoms with Crippen molar-refractivity contribution < 1.29 is 14.3 Å². The summed E-state index contributed by atoms with van der Waals surface area (Å²) in [5.74, 6) is 0.105. The number of nitrogens with zero attached hydrogens (tertiary/aromatic N) is 4. The Balaban J connectivity index is 1.93. The zero-order valence-electron chi connectivity index (χ0n) is 17.1. The third-order valence-corrected chi connectivity index (χ3v) is 4.02. The van der Waals surface area contributed by atoms with E-state index in [0.717, 1.165) is 25.7 Å². The first kappa shape index (κ1) is 21.6. The second-order valence-electron chi connectivity index (χ2n) is 7.65. The van der Waals surface area contributed by atoms with Crippen LogP contribution in [0.2, 0.25) is 0 Å². The highest BCUT2D eigenvalue weighted by molar-refractivity contribution is 5.96. The number of carbonyl (C=O) groups excluding carboxylic acids is 2. The summed E-state index contributed by atoms with van der Waals surface area (Å²) in [7, 11) is 0. The summed E-state index contributed by atoms with van der Waals surface area (Å²) in [4.78, 5) is 41.5. The number of aromatic amines is 1. The van der Waals surface area contributed by atoms with E-state index in [1.807, 2.05) is 20.8 Å². The molecule has 0 aliphatic heterocycles. The SMILES string of the molecule is CCCCCCN(CCC(=O)Nc1ncnc2[nH]cnc12)C(=O)OC(C)(C)C. The lowest BCUT2D eigenvalue weighted by Gasteiger charge is -2.27. The Morgan fingerprint density at radius 3 is 2.64 bits per heavy atom. The van der Waals surface area contributed by atoms with Gasteiger partial charge in [0.15, 0.2) is 17.0 Å². The standard InChI is InChI=1S/C19H30N6O3/c1-5-6-7-8-10-25(18(27)28-19(2,3)4)11-9-14(26)24-17-15-16(21-12-20-15)22-13-23-17/h12-13H,5-11H2,1-4H3,(H2,20,21,22,23,24,26). The number of aromatic nitrogens is 4. The molecule has 9 heteroatoms. The number of H-pyrrole nitrogens is 1. The van der Waals surface area contributed by atoms with E-state index in [-0.39, 0.29) is 18.9 Å². The summed E-state index contributed by atoms with van der Waals surface area (Å²) in [5.41, 5.74) is 0.476. The molecule has 2 amide bonds. The molecule has 9 nitrogen and oxygen atoms in total. The van der Waals surface area contributed by atoms with Crippen LogP contribution in [-0.2, 0) is 9.53 Å². The molecule has 2 aromatic heterocycles. The minimum absolute atomic E-state index is 0.142. The van der Waals surface area contributed by atoms with E-state index in [0.29, 0.717) is 23.5 Å². The molecule has 0 aromatic carbocycles. The number of unbranched alkanes of at least 4 members (excludes halogenated alkanes) is 3. The van der Waals surface area contributed by atoms with Crippen molar-refractivity contribution in [3.8, 4) is 0 Å². The van der Waals surface area contributed by atoms with E-state index in [1.54, 1.807) is 4.90 Å². The molecule has 0 unspecified atom stereocenters. The number of carbonyl (C=O) groups is 2. The lowest BCUT2D eigenvalue weighted by atomic mass is 10.2. The Morgan fingerprint density at radius 2 is 1.93 bits per heavy atom. The van der Waals surface area contributed by atoms with Crippen molar-refractivity contribution in [2.24, 2.45) is 0 Å². The normalized spacial score (nSPS) is 11.4. The van der Waals surface area contributed by atoms with Crippen molar-refractivity contribution in [2.45, 2.75) is 65.4 Å². The van der Waals surface area contributed by atoms with E-state index < -0.39 is 11.7 Å². The summed E-state index contributed by atoms with van der Waals surface area (Å²) in [6.45, 7) is 8.48. The van der Waals surface area contributed by atoms with Crippen LogP contribution in [0.1, 0.15) is 59.8 Å². The average Bonchev–Trinajstić information content (AvgIpc) is 3.09. The van der Waals surface area contributed by atoms with E-state index in [4.69, 9.17) is 4.74 Å². The highest BCUT2D eigenvalue weighted by atomic mass is 16.6. The summed E-state index contributed by atoms with van der Waals surface area (Å²) in [6.07, 6.45) is 6.77. The van der Waals surface area contributed by atoms with Gasteiger partial charge in [0.1, 0.15) is 11.9 Å². The maximum atomic E-state index is 12.5. The van der Waals surface area contributed by atoms with Gasteiger partial charge in [-0.25, -0.2) is 19.7 Å². The zero-order valence-corrected chi connectivity index (χ0v) is 17.1. The first-order valence-electron chi connectivity index (χ1n) is 9.72.